The SMILES string of the molecule is CCCC[C@]1(O)CCCN(S(=O)(=O)c2ccc(OCc3ccc(F)cc3)cc2)[C@H]1C(=O)NO. The third-order valence-electron chi connectivity index (χ3n) is 5.86. The number of sulfonamides is 1. The molecule has 3 rings (SSSR count). The molecule has 0 aliphatic carbocycles. The Bertz CT molecular complexity index is 1050. The molecular weight excluding hydrogens is 451 g/mol. The van der Waals surface area contributed by atoms with Gasteiger partial charge in [-0.05, 0) is 61.2 Å². The molecule has 3 N–H and O–H groups in total. The van der Waals surface area contributed by atoms with Gasteiger partial charge in [0.25, 0.3) is 5.91 Å². The molecule has 180 valence electrons. The van der Waals surface area contributed by atoms with Crippen LogP contribution >= 0.6 is 0 Å². The van der Waals surface area contributed by atoms with Crippen LogP contribution in [-0.2, 0) is 21.4 Å². The fourth-order valence-electron chi connectivity index (χ4n) is 4.10. The van der Waals surface area contributed by atoms with Crippen molar-refractivity contribution < 1.29 is 32.7 Å². The van der Waals surface area contributed by atoms with Crippen molar-refractivity contribution in [1.82, 2.24) is 9.79 Å². The van der Waals surface area contributed by atoms with Gasteiger partial charge in [0.15, 0.2) is 0 Å². The summed E-state index contributed by atoms with van der Waals surface area (Å²) in [5.41, 5.74) is 0.694. The van der Waals surface area contributed by atoms with E-state index in [2.05, 4.69) is 0 Å². The summed E-state index contributed by atoms with van der Waals surface area (Å²) in [5, 5.41) is 20.4. The van der Waals surface area contributed by atoms with Gasteiger partial charge in [0, 0.05) is 6.54 Å². The fourth-order valence-corrected chi connectivity index (χ4v) is 5.79. The van der Waals surface area contributed by atoms with E-state index in [9.17, 15) is 27.9 Å². The monoisotopic (exact) mass is 480 g/mol. The molecule has 2 aromatic carbocycles. The number of hydrogen-bond donors (Lipinski definition) is 3. The maximum absolute atomic E-state index is 13.4. The van der Waals surface area contributed by atoms with Crippen molar-refractivity contribution in [1.29, 1.82) is 0 Å². The Morgan fingerprint density at radius 2 is 1.88 bits per heavy atom. The van der Waals surface area contributed by atoms with Crippen molar-refractivity contribution in [2.24, 2.45) is 0 Å². The number of benzene rings is 2. The number of rotatable bonds is 9. The van der Waals surface area contributed by atoms with E-state index in [4.69, 9.17) is 4.74 Å². The maximum atomic E-state index is 13.4. The third kappa shape index (κ3) is 5.70. The van der Waals surface area contributed by atoms with Crippen molar-refractivity contribution in [3.8, 4) is 5.75 Å². The molecular formula is C23H29FN2O6S. The van der Waals surface area contributed by atoms with Gasteiger partial charge in [-0.15, -0.1) is 0 Å². The Labute approximate surface area is 193 Å². The zero-order chi connectivity index (χ0) is 24.1. The van der Waals surface area contributed by atoms with Crippen LogP contribution in [0.3, 0.4) is 0 Å². The number of halogens is 1. The van der Waals surface area contributed by atoms with Crippen LogP contribution in [0.15, 0.2) is 53.4 Å². The summed E-state index contributed by atoms with van der Waals surface area (Å²) in [6, 6.07) is 10.1. The molecule has 0 unspecified atom stereocenters. The number of ether oxygens (including phenoxy) is 1. The predicted octanol–water partition coefficient (Wildman–Crippen LogP) is 2.98. The van der Waals surface area contributed by atoms with Crippen molar-refractivity contribution in [2.75, 3.05) is 6.54 Å². The number of carbonyl (C=O) groups excluding carboxylic acids is 1. The Kier molecular flexibility index (Phi) is 8.06. The van der Waals surface area contributed by atoms with Crippen LogP contribution in [0.25, 0.3) is 0 Å². The molecule has 1 aliphatic rings. The van der Waals surface area contributed by atoms with Crippen LogP contribution < -0.4 is 10.2 Å². The lowest BCUT2D eigenvalue weighted by Gasteiger charge is -2.44. The van der Waals surface area contributed by atoms with Gasteiger partial charge in [-0.2, -0.15) is 4.31 Å². The molecule has 1 saturated heterocycles. The molecule has 0 radical (unpaired) electrons. The van der Waals surface area contributed by atoms with Crippen LogP contribution in [0.2, 0.25) is 0 Å². The largest absolute Gasteiger partial charge is 0.489 e. The highest BCUT2D eigenvalue weighted by atomic mass is 32.2. The summed E-state index contributed by atoms with van der Waals surface area (Å²) >= 11 is 0. The first-order valence-corrected chi connectivity index (χ1v) is 12.3. The lowest BCUT2D eigenvalue weighted by atomic mass is 9.81. The molecule has 2 atom stereocenters. The minimum atomic E-state index is -4.15. The molecule has 0 saturated carbocycles. The first kappa shape index (κ1) is 25.1. The van der Waals surface area contributed by atoms with Crippen molar-refractivity contribution >= 4 is 15.9 Å². The van der Waals surface area contributed by atoms with Crippen molar-refractivity contribution in [3.63, 3.8) is 0 Å². The topological polar surface area (TPSA) is 116 Å². The molecule has 0 bridgehead atoms. The quantitative estimate of drug-likeness (QED) is 0.375. The van der Waals surface area contributed by atoms with Crippen LogP contribution in [0.1, 0.15) is 44.6 Å². The van der Waals surface area contributed by atoms with Crippen LogP contribution in [0.5, 0.6) is 5.75 Å². The third-order valence-corrected chi connectivity index (χ3v) is 7.73. The first-order valence-electron chi connectivity index (χ1n) is 10.9. The van der Waals surface area contributed by atoms with Gasteiger partial charge in [0.05, 0.1) is 10.5 Å². The second kappa shape index (κ2) is 10.6. The average Bonchev–Trinajstić information content (AvgIpc) is 2.82. The van der Waals surface area contributed by atoms with E-state index in [1.807, 2.05) is 6.92 Å². The minimum Gasteiger partial charge on any atom is -0.489 e. The standard InChI is InChI=1S/C23H29FN2O6S/c1-2-3-13-23(28)14-4-15-26(21(23)22(27)25-29)33(30,31)20-11-9-19(10-12-20)32-16-17-5-7-18(24)8-6-17/h5-12,21,28-29H,2-4,13-16H2,1H3,(H,25,27)/t21-,23-/m0/s1. The highest BCUT2D eigenvalue weighted by Gasteiger charge is 2.51. The molecule has 0 spiro atoms. The number of amides is 1. The second-order valence-electron chi connectivity index (χ2n) is 8.19. The summed E-state index contributed by atoms with van der Waals surface area (Å²) in [5.74, 6) is -0.891. The number of carbonyl (C=O) groups is 1. The number of aliphatic hydroxyl groups is 1. The average molecular weight is 481 g/mol. The van der Waals surface area contributed by atoms with Gasteiger partial charge in [-0.3, -0.25) is 10.0 Å². The van der Waals surface area contributed by atoms with Gasteiger partial charge in [0.1, 0.15) is 24.2 Å². The summed E-state index contributed by atoms with van der Waals surface area (Å²) in [6.45, 7) is 2.15. The normalized spacial score (nSPS) is 21.5. The van der Waals surface area contributed by atoms with Crippen LogP contribution in [0.4, 0.5) is 4.39 Å². The van der Waals surface area contributed by atoms with Crippen molar-refractivity contribution in [3.05, 3.63) is 59.9 Å². The van der Waals surface area contributed by atoms with Gasteiger partial charge < -0.3 is 9.84 Å². The van der Waals surface area contributed by atoms with Gasteiger partial charge >= 0.3 is 0 Å². The van der Waals surface area contributed by atoms with E-state index in [0.29, 0.717) is 18.6 Å². The molecule has 1 amide bonds. The summed E-state index contributed by atoms with van der Waals surface area (Å²) < 4.78 is 46.4. The number of piperidine rings is 1. The molecule has 33 heavy (non-hydrogen) atoms. The van der Waals surface area contributed by atoms with E-state index in [1.54, 1.807) is 12.1 Å². The van der Waals surface area contributed by atoms with Gasteiger partial charge in [-0.1, -0.05) is 31.9 Å². The Morgan fingerprint density at radius 3 is 2.48 bits per heavy atom. The highest BCUT2D eigenvalue weighted by Crippen LogP contribution is 2.36. The van der Waals surface area contributed by atoms with E-state index < -0.39 is 27.6 Å². The number of unbranched alkanes of at least 4 members (excludes halogenated alkanes) is 1. The summed E-state index contributed by atoms with van der Waals surface area (Å²) in [7, 11) is -4.15. The molecule has 0 aromatic heterocycles. The maximum Gasteiger partial charge on any atom is 0.264 e. The van der Waals surface area contributed by atoms with E-state index in [1.165, 1.54) is 41.9 Å². The van der Waals surface area contributed by atoms with E-state index in [-0.39, 0.29) is 36.7 Å². The van der Waals surface area contributed by atoms with Crippen molar-refractivity contribution in [2.45, 2.75) is 62.2 Å². The second-order valence-corrected chi connectivity index (χ2v) is 10.1. The molecule has 10 heteroatoms. The number of nitrogens with one attached hydrogen (secondary N) is 1. The smallest absolute Gasteiger partial charge is 0.264 e. The number of hydrogen-bond acceptors (Lipinski definition) is 6. The molecule has 2 aromatic rings. The molecule has 1 aliphatic heterocycles. The summed E-state index contributed by atoms with van der Waals surface area (Å²) in [6.07, 6.45) is 2.26. The van der Waals surface area contributed by atoms with E-state index in [0.717, 1.165) is 16.3 Å². The van der Waals surface area contributed by atoms with Gasteiger partial charge in [0.2, 0.25) is 10.0 Å². The number of hydroxylamine groups is 1. The Hall–Kier alpha value is -2.53. The Morgan fingerprint density at radius 1 is 1.21 bits per heavy atom. The van der Waals surface area contributed by atoms with Crippen LogP contribution in [0, 0.1) is 5.82 Å². The molecule has 1 heterocycles. The van der Waals surface area contributed by atoms with E-state index >= 15 is 0 Å². The fraction of sp³-hybridized carbons (Fsp3) is 0.435. The first-order chi connectivity index (χ1) is 15.7. The van der Waals surface area contributed by atoms with Crippen LogP contribution in [-0.4, -0.2) is 47.1 Å². The molecule has 8 nitrogen and oxygen atoms in total. The van der Waals surface area contributed by atoms with Gasteiger partial charge in [-0.25, -0.2) is 18.3 Å². The Balaban J connectivity index is 1.80. The highest BCUT2D eigenvalue weighted by molar-refractivity contribution is 7.89. The lowest BCUT2D eigenvalue weighted by Crippen LogP contribution is -2.64. The molecule has 1 fully saturated rings. The zero-order valence-corrected chi connectivity index (χ0v) is 19.2. The summed E-state index contributed by atoms with van der Waals surface area (Å²) in [4.78, 5) is 12.4. The number of nitrogens with zero attached hydrogens (tertiary/aromatic N) is 1. The predicted molar refractivity (Wildman–Crippen MR) is 118 cm³/mol. The minimum absolute atomic E-state index is 0.0394. The lowest BCUT2D eigenvalue weighted by molar-refractivity contribution is -0.147. The zero-order valence-electron chi connectivity index (χ0n) is 18.4.